The summed E-state index contributed by atoms with van der Waals surface area (Å²) in [6, 6.07) is 4.88. The van der Waals surface area contributed by atoms with Crippen LogP contribution in [0.15, 0.2) is 18.2 Å². The van der Waals surface area contributed by atoms with E-state index in [9.17, 15) is 4.39 Å². The molecule has 4 rings (SSSR count). The van der Waals surface area contributed by atoms with E-state index >= 15 is 0 Å². The van der Waals surface area contributed by atoms with Gasteiger partial charge in [-0.2, -0.15) is 0 Å². The van der Waals surface area contributed by atoms with Crippen molar-refractivity contribution >= 4 is 0 Å². The second-order valence-electron chi connectivity index (χ2n) is 6.33. The van der Waals surface area contributed by atoms with E-state index in [0.717, 1.165) is 36.7 Å². The van der Waals surface area contributed by atoms with Gasteiger partial charge in [-0.25, -0.2) is 9.07 Å². The monoisotopic (exact) mass is 317 g/mol. The number of nitrogens with zero attached hydrogens (tertiary/aromatic N) is 4. The first-order chi connectivity index (χ1) is 11.3. The average Bonchev–Trinajstić information content (AvgIpc) is 3.28. The van der Waals surface area contributed by atoms with Crippen molar-refractivity contribution in [3.8, 4) is 5.75 Å². The highest BCUT2D eigenvalue weighted by Gasteiger charge is 2.24. The number of aromatic nitrogens is 4. The van der Waals surface area contributed by atoms with Crippen molar-refractivity contribution in [2.45, 2.75) is 44.8 Å². The Morgan fingerprint density at radius 1 is 1.30 bits per heavy atom. The Labute approximate surface area is 134 Å². The summed E-state index contributed by atoms with van der Waals surface area (Å²) in [7, 11) is 0. The van der Waals surface area contributed by atoms with Crippen molar-refractivity contribution in [1.29, 1.82) is 0 Å². The van der Waals surface area contributed by atoms with Gasteiger partial charge in [0.15, 0.2) is 5.82 Å². The Morgan fingerprint density at radius 2 is 2.22 bits per heavy atom. The fraction of sp³-hybridized carbons (Fsp3) is 0.562. The molecule has 2 aliphatic rings. The molecule has 0 bridgehead atoms. The highest BCUT2D eigenvalue weighted by molar-refractivity contribution is 5.37. The summed E-state index contributed by atoms with van der Waals surface area (Å²) >= 11 is 0. The van der Waals surface area contributed by atoms with E-state index in [4.69, 9.17) is 4.74 Å². The van der Waals surface area contributed by atoms with Crippen LogP contribution in [0.5, 0.6) is 5.75 Å². The normalized spacial score (nSPS) is 20.7. The van der Waals surface area contributed by atoms with E-state index in [0.29, 0.717) is 18.9 Å². The molecule has 1 aromatic heterocycles. The molecule has 6 nitrogen and oxygen atoms in total. The molecule has 23 heavy (non-hydrogen) atoms. The van der Waals surface area contributed by atoms with E-state index < -0.39 is 0 Å². The Morgan fingerprint density at radius 3 is 3.09 bits per heavy atom. The van der Waals surface area contributed by atoms with Gasteiger partial charge in [-0.05, 0) is 48.1 Å². The van der Waals surface area contributed by atoms with Crippen molar-refractivity contribution in [2.75, 3.05) is 6.61 Å². The number of hydrogen-bond acceptors (Lipinski definition) is 5. The summed E-state index contributed by atoms with van der Waals surface area (Å²) in [5.74, 6) is 1.95. The van der Waals surface area contributed by atoms with Crippen molar-refractivity contribution in [2.24, 2.45) is 5.92 Å². The van der Waals surface area contributed by atoms with Crippen molar-refractivity contribution in [3.63, 3.8) is 0 Å². The van der Waals surface area contributed by atoms with E-state index in [1.165, 1.54) is 25.0 Å². The van der Waals surface area contributed by atoms with E-state index in [2.05, 4.69) is 20.8 Å². The summed E-state index contributed by atoms with van der Waals surface area (Å²) in [5.41, 5.74) is 1.00. The molecule has 0 saturated heterocycles. The molecule has 1 saturated carbocycles. The number of hydrogen-bond donors (Lipinski definition) is 1. The second-order valence-corrected chi connectivity index (χ2v) is 6.33. The van der Waals surface area contributed by atoms with Crippen LogP contribution in [-0.4, -0.2) is 26.8 Å². The number of nitrogens with one attached hydrogen (secondary N) is 1. The average molecular weight is 317 g/mol. The van der Waals surface area contributed by atoms with Crippen LogP contribution >= 0.6 is 0 Å². The van der Waals surface area contributed by atoms with Gasteiger partial charge < -0.3 is 10.1 Å². The first-order valence-electron chi connectivity index (χ1n) is 8.20. The van der Waals surface area contributed by atoms with Gasteiger partial charge in [0.05, 0.1) is 13.2 Å². The van der Waals surface area contributed by atoms with Crippen molar-refractivity contribution in [1.82, 2.24) is 25.5 Å². The van der Waals surface area contributed by atoms with Gasteiger partial charge in [0, 0.05) is 24.2 Å². The second kappa shape index (κ2) is 6.23. The quantitative estimate of drug-likeness (QED) is 0.916. The van der Waals surface area contributed by atoms with Crippen LogP contribution in [0, 0.1) is 11.7 Å². The molecule has 0 spiro atoms. The molecule has 0 amide bonds. The summed E-state index contributed by atoms with van der Waals surface area (Å²) in [4.78, 5) is 0. The van der Waals surface area contributed by atoms with E-state index in [1.807, 2.05) is 4.68 Å². The number of rotatable bonds is 5. The molecule has 7 heteroatoms. The lowest BCUT2D eigenvalue weighted by Gasteiger charge is -2.18. The molecule has 1 aliphatic heterocycles. The first-order valence-corrected chi connectivity index (χ1v) is 8.20. The number of halogens is 1. The highest BCUT2D eigenvalue weighted by atomic mass is 19.1. The maximum Gasteiger partial charge on any atom is 0.165 e. The summed E-state index contributed by atoms with van der Waals surface area (Å²) < 4.78 is 21.0. The maximum atomic E-state index is 13.4. The first kappa shape index (κ1) is 14.6. The van der Waals surface area contributed by atoms with Gasteiger partial charge in [0.25, 0.3) is 0 Å². The van der Waals surface area contributed by atoms with Crippen molar-refractivity contribution in [3.05, 3.63) is 35.4 Å². The van der Waals surface area contributed by atoms with E-state index in [-0.39, 0.29) is 11.9 Å². The molecule has 1 fully saturated rings. The summed E-state index contributed by atoms with van der Waals surface area (Å²) in [6.07, 6.45) is 4.42. The van der Waals surface area contributed by atoms with Gasteiger partial charge in [-0.15, -0.1) is 5.10 Å². The summed E-state index contributed by atoms with van der Waals surface area (Å²) in [6.45, 7) is 2.12. The SMILES string of the molecule is Fc1ccc2c(c1)OCCCC2NCc1nnnn1CC1CC1. The third-order valence-corrected chi connectivity index (χ3v) is 4.49. The topological polar surface area (TPSA) is 64.9 Å². The Bertz CT molecular complexity index is 685. The Kier molecular flexibility index (Phi) is 3.95. The molecular formula is C16H20FN5O. The zero-order chi connectivity index (χ0) is 15.6. The largest absolute Gasteiger partial charge is 0.493 e. The molecule has 0 radical (unpaired) electrons. The molecule has 2 aromatic rings. The molecular weight excluding hydrogens is 297 g/mol. The predicted octanol–water partition coefficient (Wildman–Crippen LogP) is 2.23. The number of tetrazole rings is 1. The van der Waals surface area contributed by atoms with E-state index in [1.54, 1.807) is 6.07 Å². The zero-order valence-corrected chi connectivity index (χ0v) is 12.9. The van der Waals surface area contributed by atoms with Gasteiger partial charge in [-0.1, -0.05) is 6.07 Å². The summed E-state index contributed by atoms with van der Waals surface area (Å²) in [5, 5.41) is 15.5. The van der Waals surface area contributed by atoms with Gasteiger partial charge in [0.1, 0.15) is 11.6 Å². The van der Waals surface area contributed by atoms with Crippen LogP contribution < -0.4 is 10.1 Å². The van der Waals surface area contributed by atoms with Crippen LogP contribution in [0.3, 0.4) is 0 Å². The number of benzene rings is 1. The predicted molar refractivity (Wildman–Crippen MR) is 81.3 cm³/mol. The lowest BCUT2D eigenvalue weighted by atomic mass is 10.0. The molecule has 1 atom stereocenters. The smallest absolute Gasteiger partial charge is 0.165 e. The Hall–Kier alpha value is -2.02. The molecule has 1 unspecified atom stereocenters. The van der Waals surface area contributed by atoms with Crippen LogP contribution in [-0.2, 0) is 13.1 Å². The van der Waals surface area contributed by atoms with Crippen LogP contribution in [0.2, 0.25) is 0 Å². The van der Waals surface area contributed by atoms with Crippen LogP contribution in [0.1, 0.15) is 43.1 Å². The maximum absolute atomic E-state index is 13.4. The molecule has 1 aliphatic carbocycles. The fourth-order valence-corrected chi connectivity index (χ4v) is 3.01. The lowest BCUT2D eigenvalue weighted by Crippen LogP contribution is -2.23. The lowest BCUT2D eigenvalue weighted by molar-refractivity contribution is 0.313. The standard InChI is InChI=1S/C16H20FN5O/c17-12-5-6-13-14(2-1-7-23-15(13)8-12)18-9-16-19-20-21-22(16)10-11-3-4-11/h5-6,8,11,14,18H,1-4,7,9-10H2. The molecule has 1 aromatic carbocycles. The van der Waals surface area contributed by atoms with Crippen LogP contribution in [0.4, 0.5) is 4.39 Å². The number of fused-ring (bicyclic) bond motifs is 1. The third kappa shape index (κ3) is 3.34. The van der Waals surface area contributed by atoms with Gasteiger partial charge in [-0.3, -0.25) is 0 Å². The minimum absolute atomic E-state index is 0.124. The molecule has 122 valence electrons. The molecule has 1 N–H and O–H groups in total. The third-order valence-electron chi connectivity index (χ3n) is 4.49. The Balaban J connectivity index is 1.47. The molecule has 2 heterocycles. The van der Waals surface area contributed by atoms with Crippen LogP contribution in [0.25, 0.3) is 0 Å². The highest BCUT2D eigenvalue weighted by Crippen LogP contribution is 2.32. The van der Waals surface area contributed by atoms with Gasteiger partial charge in [0.2, 0.25) is 0 Å². The van der Waals surface area contributed by atoms with Gasteiger partial charge >= 0.3 is 0 Å². The van der Waals surface area contributed by atoms with Crippen molar-refractivity contribution < 1.29 is 9.13 Å². The minimum Gasteiger partial charge on any atom is -0.493 e. The zero-order valence-electron chi connectivity index (χ0n) is 12.9. The minimum atomic E-state index is -0.266. The fourth-order valence-electron chi connectivity index (χ4n) is 3.01. The number of ether oxygens (including phenoxy) is 1.